The Morgan fingerprint density at radius 1 is 0.689 bits per heavy atom. The summed E-state index contributed by atoms with van der Waals surface area (Å²) in [5, 5.41) is 19.0. The van der Waals surface area contributed by atoms with Gasteiger partial charge in [-0.2, -0.15) is 0 Å². The second kappa shape index (κ2) is 17.1. The second-order valence-corrected chi connectivity index (χ2v) is 16.8. The summed E-state index contributed by atoms with van der Waals surface area (Å²) in [5.41, 5.74) is 7.18. The summed E-state index contributed by atoms with van der Waals surface area (Å²) in [6, 6.07) is 23.9. The molecule has 2 saturated heterocycles. The number of carbonyl (C=O) groups is 4. The lowest BCUT2D eigenvalue weighted by Crippen LogP contribution is -2.42. The second-order valence-electron chi connectivity index (χ2n) is 15.1. The number of benzene rings is 3. The molecule has 14 nitrogen and oxygen atoms in total. The molecule has 61 heavy (non-hydrogen) atoms. The Morgan fingerprint density at radius 2 is 1.18 bits per heavy atom. The van der Waals surface area contributed by atoms with Gasteiger partial charge in [0.1, 0.15) is 23.7 Å². The molecule has 0 saturated carbocycles. The largest absolute Gasteiger partial charge is 0.465 e. The number of aromatic nitrogens is 4. The number of ether oxygens (including phenoxy) is 1. The van der Waals surface area contributed by atoms with Gasteiger partial charge in [-0.15, -0.1) is 22.7 Å². The Kier molecular flexibility index (Phi) is 11.1. The fraction of sp³-hybridized carbons (Fsp3) is 0.244. The van der Waals surface area contributed by atoms with Crippen molar-refractivity contribution in [3.05, 3.63) is 131 Å². The molecular weight excluding hydrogens is 813 g/mol. The molecule has 4 aromatic heterocycles. The minimum absolute atomic E-state index is 0.214. The molecule has 0 bridgehead atoms. The number of nitrogens with zero attached hydrogens (tertiary/aromatic N) is 4. The summed E-state index contributed by atoms with van der Waals surface area (Å²) in [4.78, 5) is 71.6. The van der Waals surface area contributed by atoms with Gasteiger partial charge in [0.2, 0.25) is 0 Å². The number of nitrogens with one attached hydrogen (secondary N) is 4. The van der Waals surface area contributed by atoms with Gasteiger partial charge in [0, 0.05) is 35.0 Å². The van der Waals surface area contributed by atoms with Crippen molar-refractivity contribution >= 4 is 56.1 Å². The van der Waals surface area contributed by atoms with E-state index in [4.69, 9.17) is 9.72 Å². The molecule has 0 aliphatic carbocycles. The van der Waals surface area contributed by atoms with Crippen LogP contribution in [0.5, 0.6) is 0 Å². The standard InChI is InChI=1S/C45H42N8O6S2/c1-59-45(58)51-37(29-12-6-3-7-13-29)43(55)53-21-9-15-35(53)41-47-23-33(49-41)31-25-61-38-30(24-60-39(31)38)26-16-18-27(19-17-26)32-22-46-40(48-32)34-14-8-20-52(34)42(54)36(50-44(56)57)28-10-4-2-5-11-28/h2-7,10-13,16-19,22-25,34-37,50H,8-9,14-15,20-21H2,1H3,(H,46,48)(H,47,49)(H,51,58)(H,56,57)/t34?,35?,36-,37-/m1/s1. The number of hydrogen-bond donors (Lipinski definition) is 5. The van der Waals surface area contributed by atoms with Crippen molar-refractivity contribution in [2.75, 3.05) is 20.2 Å². The number of fused-ring (bicyclic) bond motifs is 1. The van der Waals surface area contributed by atoms with Crippen LogP contribution in [0.15, 0.2) is 108 Å². The Bertz CT molecular complexity index is 2690. The predicted octanol–water partition coefficient (Wildman–Crippen LogP) is 8.84. The summed E-state index contributed by atoms with van der Waals surface area (Å²) in [6.45, 7) is 1.06. The third-order valence-electron chi connectivity index (χ3n) is 11.5. The lowest BCUT2D eigenvalue weighted by molar-refractivity contribution is -0.135. The Labute approximate surface area is 358 Å². The van der Waals surface area contributed by atoms with Crippen LogP contribution in [0.2, 0.25) is 0 Å². The summed E-state index contributed by atoms with van der Waals surface area (Å²) < 4.78 is 7.16. The first-order chi connectivity index (χ1) is 29.8. The first-order valence-corrected chi connectivity index (χ1v) is 21.8. The molecule has 5 N–H and O–H groups in total. The van der Waals surface area contributed by atoms with Crippen molar-refractivity contribution in [2.45, 2.75) is 49.9 Å². The van der Waals surface area contributed by atoms with Gasteiger partial charge >= 0.3 is 12.2 Å². The van der Waals surface area contributed by atoms with Crippen LogP contribution in [0, 0.1) is 0 Å². The number of carboxylic acid groups (broad SMARTS) is 1. The number of aromatic amines is 2. The first-order valence-electron chi connectivity index (χ1n) is 20.0. The SMILES string of the molecule is COC(=O)N[C@@H](C(=O)N1CCCC1c1ncc(-c2csc3c(-c4ccc(-c5cnc(C6CCCN6C(=O)[C@H](NC(=O)O)c6ccccc6)[nH]5)cc4)csc23)[nH]1)c1ccccc1. The molecule has 310 valence electrons. The van der Waals surface area contributed by atoms with Crippen LogP contribution >= 0.6 is 22.7 Å². The number of amides is 4. The maximum absolute atomic E-state index is 14.0. The van der Waals surface area contributed by atoms with Gasteiger partial charge in [0.05, 0.1) is 52.4 Å². The van der Waals surface area contributed by atoms with E-state index < -0.39 is 24.3 Å². The number of likely N-dealkylation sites (tertiary alicyclic amines) is 2. The highest BCUT2D eigenvalue weighted by Gasteiger charge is 2.38. The quantitative estimate of drug-likeness (QED) is 0.0854. The molecule has 2 unspecified atom stereocenters. The monoisotopic (exact) mass is 854 g/mol. The minimum Gasteiger partial charge on any atom is -0.465 e. The van der Waals surface area contributed by atoms with E-state index in [2.05, 4.69) is 60.6 Å². The van der Waals surface area contributed by atoms with Gasteiger partial charge in [-0.1, -0.05) is 84.9 Å². The van der Waals surface area contributed by atoms with Gasteiger partial charge in [-0.25, -0.2) is 19.6 Å². The van der Waals surface area contributed by atoms with E-state index in [-0.39, 0.29) is 23.9 Å². The van der Waals surface area contributed by atoms with E-state index in [9.17, 15) is 24.3 Å². The molecule has 2 aliphatic rings. The van der Waals surface area contributed by atoms with Crippen molar-refractivity contribution in [1.82, 2.24) is 40.4 Å². The molecule has 16 heteroatoms. The molecule has 6 heterocycles. The van der Waals surface area contributed by atoms with Crippen molar-refractivity contribution in [1.29, 1.82) is 0 Å². The molecule has 4 amide bonds. The molecule has 2 aliphatic heterocycles. The number of rotatable bonds is 11. The third-order valence-corrected chi connectivity index (χ3v) is 13.6. The van der Waals surface area contributed by atoms with Crippen LogP contribution < -0.4 is 10.6 Å². The average molecular weight is 855 g/mol. The number of thiophene rings is 2. The van der Waals surface area contributed by atoms with Crippen LogP contribution in [0.1, 0.15) is 72.6 Å². The van der Waals surface area contributed by atoms with Crippen LogP contribution in [-0.4, -0.2) is 79.0 Å². The summed E-state index contributed by atoms with van der Waals surface area (Å²) in [6.07, 6.45) is 4.74. The Balaban J connectivity index is 0.900. The summed E-state index contributed by atoms with van der Waals surface area (Å²) in [7, 11) is 1.28. The first kappa shape index (κ1) is 39.7. The lowest BCUT2D eigenvalue weighted by atomic mass is 10.0. The zero-order valence-electron chi connectivity index (χ0n) is 33.0. The van der Waals surface area contributed by atoms with Crippen molar-refractivity contribution in [2.24, 2.45) is 0 Å². The van der Waals surface area contributed by atoms with Gasteiger partial charge in [-0.05, 0) is 47.9 Å². The topological polar surface area (TPSA) is 186 Å². The molecular formula is C45H42N8O6S2. The zero-order chi connectivity index (χ0) is 42.0. The van der Waals surface area contributed by atoms with Gasteiger partial charge in [0.15, 0.2) is 0 Å². The van der Waals surface area contributed by atoms with Crippen molar-refractivity contribution in [3.8, 4) is 33.6 Å². The third kappa shape index (κ3) is 7.87. The number of carbonyl (C=O) groups excluding carboxylic acids is 3. The minimum atomic E-state index is -1.26. The van der Waals surface area contributed by atoms with Crippen molar-refractivity contribution < 1.29 is 29.0 Å². The van der Waals surface area contributed by atoms with E-state index >= 15 is 0 Å². The molecule has 0 spiro atoms. The molecule has 3 aromatic carbocycles. The fourth-order valence-corrected chi connectivity index (χ4v) is 10.9. The zero-order valence-corrected chi connectivity index (χ0v) is 34.7. The smallest absolute Gasteiger partial charge is 0.407 e. The summed E-state index contributed by atoms with van der Waals surface area (Å²) in [5.74, 6) is 0.854. The molecule has 4 atom stereocenters. The van der Waals surface area contributed by atoms with Crippen molar-refractivity contribution in [3.63, 3.8) is 0 Å². The molecule has 7 aromatic rings. The van der Waals surface area contributed by atoms with Crippen LogP contribution in [0.25, 0.3) is 43.0 Å². The number of hydrogen-bond acceptors (Lipinski definition) is 9. The lowest BCUT2D eigenvalue weighted by Gasteiger charge is -2.28. The Morgan fingerprint density at radius 3 is 1.74 bits per heavy atom. The van der Waals surface area contributed by atoms with Crippen LogP contribution in [0.4, 0.5) is 9.59 Å². The van der Waals surface area contributed by atoms with E-state index in [1.54, 1.807) is 62.9 Å². The molecule has 0 radical (unpaired) electrons. The van der Waals surface area contributed by atoms with Gasteiger partial charge < -0.3 is 40.2 Å². The van der Waals surface area contributed by atoms with Gasteiger partial charge in [-0.3, -0.25) is 9.59 Å². The van der Waals surface area contributed by atoms with E-state index in [0.717, 1.165) is 57.6 Å². The highest BCUT2D eigenvalue weighted by atomic mass is 32.1. The predicted molar refractivity (Wildman–Crippen MR) is 233 cm³/mol. The number of alkyl carbamates (subject to hydrolysis) is 1. The maximum Gasteiger partial charge on any atom is 0.407 e. The van der Waals surface area contributed by atoms with Crippen LogP contribution in [0.3, 0.4) is 0 Å². The highest BCUT2D eigenvalue weighted by Crippen LogP contribution is 2.45. The average Bonchev–Trinajstić information content (AvgIpc) is 4.14. The van der Waals surface area contributed by atoms with Crippen LogP contribution in [-0.2, 0) is 14.3 Å². The van der Waals surface area contributed by atoms with E-state index in [0.29, 0.717) is 42.3 Å². The number of methoxy groups -OCH3 is 1. The molecule has 2 fully saturated rings. The molecule has 9 rings (SSSR count). The number of imidazole rings is 2. The highest BCUT2D eigenvalue weighted by molar-refractivity contribution is 7.27. The maximum atomic E-state index is 14.0. The Hall–Kier alpha value is -6.78. The summed E-state index contributed by atoms with van der Waals surface area (Å²) >= 11 is 3.36. The fourth-order valence-electron chi connectivity index (χ4n) is 8.46. The normalized spacial score (nSPS) is 17.3. The number of H-pyrrole nitrogens is 2. The van der Waals surface area contributed by atoms with Gasteiger partial charge in [0.25, 0.3) is 11.8 Å². The van der Waals surface area contributed by atoms with E-state index in [1.165, 1.54) is 11.8 Å². The van der Waals surface area contributed by atoms with E-state index in [1.807, 2.05) is 42.6 Å².